The van der Waals surface area contributed by atoms with Crippen LogP contribution in [0.4, 0.5) is 0 Å². The van der Waals surface area contributed by atoms with Gasteiger partial charge in [-0.1, -0.05) is 30.0 Å². The lowest BCUT2D eigenvalue weighted by atomic mass is 10.0. The molecule has 1 aliphatic rings. The monoisotopic (exact) mass is 260 g/mol. The molecule has 2 aromatic rings. The summed E-state index contributed by atoms with van der Waals surface area (Å²) in [6.07, 6.45) is 3.60. The highest BCUT2D eigenvalue weighted by Gasteiger charge is 2.22. The Morgan fingerprint density at radius 1 is 1.18 bits per heavy atom. The number of nitrogens with zero attached hydrogens (tertiary/aromatic N) is 2. The minimum absolute atomic E-state index is 0.630. The van der Waals surface area contributed by atoms with Crippen molar-refractivity contribution in [3.05, 3.63) is 48.3 Å². The van der Waals surface area contributed by atoms with Crippen molar-refractivity contribution in [1.82, 2.24) is 9.97 Å². The van der Waals surface area contributed by atoms with Crippen LogP contribution in [0.5, 0.6) is 0 Å². The van der Waals surface area contributed by atoms with E-state index in [1.54, 1.807) is 24.2 Å². The third-order valence-electron chi connectivity index (χ3n) is 2.75. The maximum atomic E-state index is 4.24. The zero-order valence-corrected chi connectivity index (χ0v) is 10.9. The van der Waals surface area contributed by atoms with E-state index in [9.17, 15) is 0 Å². The molecule has 1 aromatic heterocycles. The largest absolute Gasteiger partial charge is 0.231 e. The number of aromatic nitrogens is 2. The van der Waals surface area contributed by atoms with Crippen molar-refractivity contribution >= 4 is 23.5 Å². The molecule has 2 nitrogen and oxygen atoms in total. The first-order valence-electron chi connectivity index (χ1n) is 5.55. The van der Waals surface area contributed by atoms with Crippen LogP contribution in [0, 0.1) is 0 Å². The van der Waals surface area contributed by atoms with Gasteiger partial charge in [0.15, 0.2) is 5.16 Å². The summed E-state index contributed by atoms with van der Waals surface area (Å²) in [4.78, 5) is 9.92. The number of rotatable bonds is 3. The molecular weight excluding hydrogens is 248 g/mol. The van der Waals surface area contributed by atoms with Crippen molar-refractivity contribution in [3.63, 3.8) is 0 Å². The van der Waals surface area contributed by atoms with Gasteiger partial charge in [-0.3, -0.25) is 0 Å². The van der Waals surface area contributed by atoms with Gasteiger partial charge >= 0.3 is 0 Å². The molecular formula is C13H12N2S2. The fraction of sp³-hybridized carbons (Fsp3) is 0.231. The molecule has 0 bridgehead atoms. The third kappa shape index (κ3) is 2.48. The average Bonchev–Trinajstić information content (AvgIpc) is 2.81. The molecule has 86 valence electrons. The Hall–Kier alpha value is -1.00. The average molecular weight is 260 g/mol. The van der Waals surface area contributed by atoms with Crippen molar-refractivity contribution in [2.45, 2.75) is 16.0 Å². The lowest BCUT2D eigenvalue weighted by Crippen LogP contribution is -2.00. The molecule has 17 heavy (non-hydrogen) atoms. The summed E-state index contributed by atoms with van der Waals surface area (Å²) in [6.45, 7) is 0. The van der Waals surface area contributed by atoms with E-state index in [-0.39, 0.29) is 0 Å². The smallest absolute Gasteiger partial charge is 0.187 e. The van der Waals surface area contributed by atoms with Crippen molar-refractivity contribution in [2.75, 3.05) is 11.5 Å². The van der Waals surface area contributed by atoms with Crippen LogP contribution in [0.1, 0.15) is 11.5 Å². The molecule has 1 atom stereocenters. The molecule has 2 heterocycles. The second-order valence-corrected chi connectivity index (χ2v) is 5.94. The predicted octanol–water partition coefficient (Wildman–Crippen LogP) is 3.46. The summed E-state index contributed by atoms with van der Waals surface area (Å²) < 4.78 is 0. The number of fused-ring (bicyclic) bond motifs is 1. The molecule has 1 aliphatic heterocycles. The summed E-state index contributed by atoms with van der Waals surface area (Å²) in [5, 5.41) is 0.877. The molecule has 3 rings (SSSR count). The molecule has 4 heteroatoms. The van der Waals surface area contributed by atoms with Crippen molar-refractivity contribution in [3.8, 4) is 0 Å². The van der Waals surface area contributed by atoms with Gasteiger partial charge in [-0.25, -0.2) is 9.97 Å². The van der Waals surface area contributed by atoms with Gasteiger partial charge in [0.2, 0.25) is 0 Å². The van der Waals surface area contributed by atoms with Crippen LogP contribution in [-0.4, -0.2) is 21.5 Å². The Bertz CT molecular complexity index is 502. The van der Waals surface area contributed by atoms with Gasteiger partial charge in [0.05, 0.1) is 0 Å². The predicted molar refractivity (Wildman–Crippen MR) is 72.7 cm³/mol. The Morgan fingerprint density at radius 3 is 2.88 bits per heavy atom. The van der Waals surface area contributed by atoms with E-state index in [1.807, 2.05) is 17.8 Å². The van der Waals surface area contributed by atoms with Gasteiger partial charge < -0.3 is 0 Å². The lowest BCUT2D eigenvalue weighted by molar-refractivity contribution is 0.886. The summed E-state index contributed by atoms with van der Waals surface area (Å²) in [5.74, 6) is 2.87. The molecule has 0 spiro atoms. The van der Waals surface area contributed by atoms with E-state index in [4.69, 9.17) is 0 Å². The van der Waals surface area contributed by atoms with Gasteiger partial charge in [-0.05, 0) is 17.7 Å². The molecule has 0 aliphatic carbocycles. The van der Waals surface area contributed by atoms with Crippen molar-refractivity contribution < 1.29 is 0 Å². The Labute approximate surface area is 109 Å². The second kappa shape index (κ2) is 5.10. The van der Waals surface area contributed by atoms with Gasteiger partial charge in [0.25, 0.3) is 0 Å². The molecule has 1 aromatic carbocycles. The van der Waals surface area contributed by atoms with E-state index < -0.39 is 0 Å². The van der Waals surface area contributed by atoms with Crippen LogP contribution < -0.4 is 0 Å². The maximum absolute atomic E-state index is 4.24. The standard InChI is InChI=1S/C13H12N2S2/c1-2-5-12-11(4-1)10(8-16-12)9-17-13-14-6-3-7-15-13/h1-7,10H,8-9H2. The summed E-state index contributed by atoms with van der Waals surface area (Å²) in [5.41, 5.74) is 1.49. The van der Waals surface area contributed by atoms with Gasteiger partial charge in [-0.2, -0.15) is 0 Å². The third-order valence-corrected chi connectivity index (χ3v) is 5.04. The van der Waals surface area contributed by atoms with Crippen LogP contribution in [0.2, 0.25) is 0 Å². The second-order valence-electron chi connectivity index (χ2n) is 3.89. The van der Waals surface area contributed by atoms with Gasteiger partial charge in [0.1, 0.15) is 0 Å². The normalized spacial score (nSPS) is 18.0. The SMILES string of the molecule is c1cnc(SCC2CSc3ccccc32)nc1. The number of hydrogen-bond acceptors (Lipinski definition) is 4. The van der Waals surface area contributed by atoms with E-state index in [1.165, 1.54) is 16.2 Å². The number of benzene rings is 1. The fourth-order valence-corrected chi connectivity index (χ4v) is 4.22. The maximum Gasteiger partial charge on any atom is 0.187 e. The molecule has 0 amide bonds. The highest BCUT2D eigenvalue weighted by molar-refractivity contribution is 8.00. The molecule has 0 fully saturated rings. The Balaban J connectivity index is 1.68. The first kappa shape index (κ1) is 11.1. The quantitative estimate of drug-likeness (QED) is 0.623. The van der Waals surface area contributed by atoms with Gasteiger partial charge in [-0.15, -0.1) is 11.8 Å². The molecule has 0 radical (unpaired) electrons. The van der Waals surface area contributed by atoms with Crippen LogP contribution in [0.3, 0.4) is 0 Å². The molecule has 0 saturated carbocycles. The minimum atomic E-state index is 0.630. The highest BCUT2D eigenvalue weighted by Crippen LogP contribution is 2.41. The molecule has 1 unspecified atom stereocenters. The number of hydrogen-bond donors (Lipinski definition) is 0. The molecule has 0 saturated heterocycles. The van der Waals surface area contributed by atoms with Crippen molar-refractivity contribution in [2.24, 2.45) is 0 Å². The van der Waals surface area contributed by atoms with E-state index in [2.05, 4.69) is 34.2 Å². The topological polar surface area (TPSA) is 25.8 Å². The minimum Gasteiger partial charge on any atom is -0.231 e. The summed E-state index contributed by atoms with van der Waals surface area (Å²) in [7, 11) is 0. The van der Waals surface area contributed by atoms with Gasteiger partial charge in [0, 0.05) is 34.7 Å². The van der Waals surface area contributed by atoms with E-state index in [0.717, 1.165) is 10.9 Å². The first-order chi connectivity index (χ1) is 8.43. The summed E-state index contributed by atoms with van der Waals surface area (Å²) in [6, 6.07) is 10.5. The van der Waals surface area contributed by atoms with Crippen LogP contribution in [-0.2, 0) is 0 Å². The fourth-order valence-electron chi connectivity index (χ4n) is 1.90. The first-order valence-corrected chi connectivity index (χ1v) is 7.52. The Kier molecular flexibility index (Phi) is 3.34. The number of thioether (sulfide) groups is 2. The zero-order valence-electron chi connectivity index (χ0n) is 9.24. The van der Waals surface area contributed by atoms with Crippen LogP contribution in [0.15, 0.2) is 52.8 Å². The zero-order chi connectivity index (χ0) is 11.5. The van der Waals surface area contributed by atoms with Crippen LogP contribution >= 0.6 is 23.5 Å². The van der Waals surface area contributed by atoms with E-state index >= 15 is 0 Å². The van der Waals surface area contributed by atoms with Crippen LogP contribution in [0.25, 0.3) is 0 Å². The molecule has 0 N–H and O–H groups in total. The van der Waals surface area contributed by atoms with Crippen molar-refractivity contribution in [1.29, 1.82) is 0 Å². The highest BCUT2D eigenvalue weighted by atomic mass is 32.2. The summed E-state index contributed by atoms with van der Waals surface area (Å²) >= 11 is 3.70. The Morgan fingerprint density at radius 2 is 2.00 bits per heavy atom. The van der Waals surface area contributed by atoms with E-state index in [0.29, 0.717) is 5.92 Å². The lowest BCUT2D eigenvalue weighted by Gasteiger charge is -2.08.